The van der Waals surface area contributed by atoms with Gasteiger partial charge in [0, 0.05) is 19.0 Å². The highest BCUT2D eigenvalue weighted by Gasteiger charge is 2.20. The van der Waals surface area contributed by atoms with Gasteiger partial charge in [-0.05, 0) is 25.7 Å². The fourth-order valence-corrected chi connectivity index (χ4v) is 1.99. The van der Waals surface area contributed by atoms with E-state index >= 15 is 0 Å². The molecule has 2 heteroatoms. The minimum atomic E-state index is 0.623. The molecule has 1 N–H and O–H groups in total. The average Bonchev–Trinajstić information content (AvgIpc) is 2.10. The van der Waals surface area contributed by atoms with E-state index in [9.17, 15) is 0 Å². The van der Waals surface area contributed by atoms with Gasteiger partial charge in [-0.3, -0.25) is 5.41 Å². The van der Waals surface area contributed by atoms with Crippen LogP contribution in [0.2, 0.25) is 0 Å². The number of amidine groups is 1. The SMILES string of the molecule is CCC(CC)N1CCCCC1=N. The lowest BCUT2D eigenvalue weighted by molar-refractivity contribution is 0.266. The van der Waals surface area contributed by atoms with Gasteiger partial charge in [-0.15, -0.1) is 0 Å². The topological polar surface area (TPSA) is 27.1 Å². The van der Waals surface area contributed by atoms with Gasteiger partial charge in [0.05, 0.1) is 5.84 Å². The van der Waals surface area contributed by atoms with E-state index in [1.165, 1.54) is 25.7 Å². The van der Waals surface area contributed by atoms with Crippen molar-refractivity contribution in [3.05, 3.63) is 0 Å². The molecule has 12 heavy (non-hydrogen) atoms. The van der Waals surface area contributed by atoms with Crippen LogP contribution < -0.4 is 0 Å². The molecule has 1 aliphatic heterocycles. The summed E-state index contributed by atoms with van der Waals surface area (Å²) in [5.74, 6) is 0.870. The molecular weight excluding hydrogens is 148 g/mol. The summed E-state index contributed by atoms with van der Waals surface area (Å²) >= 11 is 0. The van der Waals surface area contributed by atoms with Gasteiger partial charge in [-0.2, -0.15) is 0 Å². The molecule has 0 aromatic carbocycles. The van der Waals surface area contributed by atoms with Gasteiger partial charge in [0.1, 0.15) is 0 Å². The molecule has 70 valence electrons. The minimum Gasteiger partial charge on any atom is -0.358 e. The van der Waals surface area contributed by atoms with Crippen molar-refractivity contribution in [2.75, 3.05) is 6.54 Å². The summed E-state index contributed by atoms with van der Waals surface area (Å²) in [6.45, 7) is 5.55. The van der Waals surface area contributed by atoms with Gasteiger partial charge in [0.25, 0.3) is 0 Å². The van der Waals surface area contributed by atoms with Gasteiger partial charge in [-0.1, -0.05) is 13.8 Å². The molecule has 1 heterocycles. The van der Waals surface area contributed by atoms with Crippen LogP contribution in [0.3, 0.4) is 0 Å². The molecule has 1 rings (SSSR count). The zero-order valence-corrected chi connectivity index (χ0v) is 8.27. The molecule has 0 saturated carbocycles. The Kier molecular flexibility index (Phi) is 3.57. The summed E-state index contributed by atoms with van der Waals surface area (Å²) in [7, 11) is 0. The van der Waals surface area contributed by atoms with E-state index in [-0.39, 0.29) is 0 Å². The second-order valence-electron chi connectivity index (χ2n) is 3.57. The molecule has 1 aliphatic rings. The maximum atomic E-state index is 7.81. The third-order valence-corrected chi connectivity index (χ3v) is 2.79. The highest BCUT2D eigenvalue weighted by Crippen LogP contribution is 2.17. The van der Waals surface area contributed by atoms with Crippen molar-refractivity contribution >= 4 is 5.84 Å². The van der Waals surface area contributed by atoms with Crippen LogP contribution in [0, 0.1) is 5.41 Å². The Morgan fingerprint density at radius 1 is 1.33 bits per heavy atom. The monoisotopic (exact) mass is 168 g/mol. The highest BCUT2D eigenvalue weighted by atomic mass is 15.2. The van der Waals surface area contributed by atoms with E-state index in [4.69, 9.17) is 5.41 Å². The highest BCUT2D eigenvalue weighted by molar-refractivity contribution is 5.80. The summed E-state index contributed by atoms with van der Waals surface area (Å²) in [6.07, 6.45) is 5.85. The smallest absolute Gasteiger partial charge is 0.0960 e. The second kappa shape index (κ2) is 4.48. The van der Waals surface area contributed by atoms with Gasteiger partial charge >= 0.3 is 0 Å². The second-order valence-corrected chi connectivity index (χ2v) is 3.57. The molecule has 0 spiro atoms. The van der Waals surface area contributed by atoms with Crippen LogP contribution in [0.15, 0.2) is 0 Å². The standard InChI is InChI=1S/C10H20N2/c1-3-9(4-2)12-8-6-5-7-10(12)11/h9,11H,3-8H2,1-2H3. The average molecular weight is 168 g/mol. The van der Waals surface area contributed by atoms with E-state index in [1.807, 2.05) is 0 Å². The number of likely N-dealkylation sites (tertiary alicyclic amines) is 1. The Bertz CT molecular complexity index is 150. The summed E-state index contributed by atoms with van der Waals surface area (Å²) in [6, 6.07) is 0.623. The number of nitrogens with zero attached hydrogens (tertiary/aromatic N) is 1. The lowest BCUT2D eigenvalue weighted by Crippen LogP contribution is -2.42. The predicted molar refractivity (Wildman–Crippen MR) is 52.7 cm³/mol. The fraction of sp³-hybridized carbons (Fsp3) is 0.900. The first-order valence-electron chi connectivity index (χ1n) is 5.13. The molecule has 1 fully saturated rings. The Balaban J connectivity index is 2.51. The number of hydrogen-bond acceptors (Lipinski definition) is 1. The largest absolute Gasteiger partial charge is 0.358 e. The van der Waals surface area contributed by atoms with Crippen molar-refractivity contribution < 1.29 is 0 Å². The van der Waals surface area contributed by atoms with E-state index in [2.05, 4.69) is 18.7 Å². The Hall–Kier alpha value is -0.530. The molecule has 0 unspecified atom stereocenters. The van der Waals surface area contributed by atoms with Gasteiger partial charge in [0.15, 0.2) is 0 Å². The predicted octanol–water partition coefficient (Wildman–Crippen LogP) is 2.64. The summed E-state index contributed by atoms with van der Waals surface area (Å²) in [5.41, 5.74) is 0. The van der Waals surface area contributed by atoms with Crippen molar-refractivity contribution in [1.82, 2.24) is 4.90 Å². The first-order chi connectivity index (χ1) is 5.79. The zero-order chi connectivity index (χ0) is 8.97. The van der Waals surface area contributed by atoms with Crippen LogP contribution in [-0.4, -0.2) is 23.3 Å². The Labute approximate surface area is 75.5 Å². The molecule has 0 aliphatic carbocycles. The zero-order valence-electron chi connectivity index (χ0n) is 8.27. The maximum Gasteiger partial charge on any atom is 0.0960 e. The van der Waals surface area contributed by atoms with E-state index in [1.54, 1.807) is 0 Å². The fourth-order valence-electron chi connectivity index (χ4n) is 1.99. The maximum absolute atomic E-state index is 7.81. The summed E-state index contributed by atoms with van der Waals surface area (Å²) < 4.78 is 0. The molecule has 0 radical (unpaired) electrons. The van der Waals surface area contributed by atoms with Crippen molar-refractivity contribution in [1.29, 1.82) is 5.41 Å². The lowest BCUT2D eigenvalue weighted by atomic mass is 10.0. The Morgan fingerprint density at radius 3 is 2.50 bits per heavy atom. The number of hydrogen-bond donors (Lipinski definition) is 1. The first kappa shape index (κ1) is 9.56. The van der Waals surface area contributed by atoms with Crippen molar-refractivity contribution in [2.45, 2.75) is 52.0 Å². The third kappa shape index (κ3) is 1.99. The van der Waals surface area contributed by atoms with Gasteiger partial charge in [-0.25, -0.2) is 0 Å². The van der Waals surface area contributed by atoms with Crippen LogP contribution in [0.1, 0.15) is 46.0 Å². The van der Waals surface area contributed by atoms with Crippen molar-refractivity contribution in [3.8, 4) is 0 Å². The van der Waals surface area contributed by atoms with Crippen LogP contribution in [-0.2, 0) is 0 Å². The van der Waals surface area contributed by atoms with E-state index < -0.39 is 0 Å². The number of nitrogens with one attached hydrogen (secondary N) is 1. The summed E-state index contributed by atoms with van der Waals surface area (Å²) in [4.78, 5) is 2.30. The van der Waals surface area contributed by atoms with Crippen molar-refractivity contribution in [2.24, 2.45) is 0 Å². The van der Waals surface area contributed by atoms with Crippen LogP contribution in [0.4, 0.5) is 0 Å². The van der Waals surface area contributed by atoms with E-state index in [0.717, 1.165) is 18.8 Å². The summed E-state index contributed by atoms with van der Waals surface area (Å²) in [5, 5.41) is 7.81. The molecule has 0 aromatic heterocycles. The molecule has 0 amide bonds. The lowest BCUT2D eigenvalue weighted by Gasteiger charge is -2.35. The third-order valence-electron chi connectivity index (χ3n) is 2.79. The van der Waals surface area contributed by atoms with Crippen LogP contribution >= 0.6 is 0 Å². The molecular formula is C10H20N2. The Morgan fingerprint density at radius 2 is 2.00 bits per heavy atom. The van der Waals surface area contributed by atoms with Gasteiger partial charge in [0.2, 0.25) is 0 Å². The molecule has 1 saturated heterocycles. The molecule has 2 nitrogen and oxygen atoms in total. The molecule has 0 bridgehead atoms. The first-order valence-corrected chi connectivity index (χ1v) is 5.13. The number of rotatable bonds is 3. The quantitative estimate of drug-likeness (QED) is 0.689. The van der Waals surface area contributed by atoms with E-state index in [0.29, 0.717) is 6.04 Å². The minimum absolute atomic E-state index is 0.623. The normalized spacial score (nSPS) is 18.9. The van der Waals surface area contributed by atoms with Crippen LogP contribution in [0.5, 0.6) is 0 Å². The van der Waals surface area contributed by atoms with Crippen LogP contribution in [0.25, 0.3) is 0 Å². The van der Waals surface area contributed by atoms with Gasteiger partial charge < -0.3 is 4.90 Å². The number of piperidine rings is 1. The van der Waals surface area contributed by atoms with Crippen molar-refractivity contribution in [3.63, 3.8) is 0 Å². The molecule has 0 aromatic rings. The molecule has 0 atom stereocenters.